The molecule has 1 aromatic heterocycles. The zero-order valence-corrected chi connectivity index (χ0v) is 11.2. The Morgan fingerprint density at radius 1 is 1.31 bits per heavy atom. The highest BCUT2D eigenvalue weighted by molar-refractivity contribution is 5.29. The smallest absolute Gasteiger partial charge is 0.202 e. The molecule has 0 saturated carbocycles. The van der Waals surface area contributed by atoms with Crippen LogP contribution in [-0.2, 0) is 7.05 Å². The van der Waals surface area contributed by atoms with Gasteiger partial charge < -0.3 is 9.88 Å². The van der Waals surface area contributed by atoms with E-state index >= 15 is 0 Å². The number of aromatic nitrogens is 2. The van der Waals surface area contributed by atoms with Gasteiger partial charge >= 0.3 is 0 Å². The summed E-state index contributed by atoms with van der Waals surface area (Å²) in [6.07, 6.45) is 4.45. The quantitative estimate of drug-likeness (QED) is 0.749. The van der Waals surface area contributed by atoms with E-state index in [0.717, 1.165) is 18.4 Å². The number of anilines is 1. The molecule has 1 heterocycles. The predicted molar refractivity (Wildman–Crippen MR) is 69.9 cm³/mol. The molecule has 92 valence electrons. The van der Waals surface area contributed by atoms with E-state index in [9.17, 15) is 0 Å². The van der Waals surface area contributed by atoms with Crippen LogP contribution in [0.1, 0.15) is 52.1 Å². The maximum Gasteiger partial charge on any atom is 0.202 e. The third-order valence-electron chi connectivity index (χ3n) is 2.86. The molecule has 1 rings (SSSR count). The van der Waals surface area contributed by atoms with E-state index in [1.165, 1.54) is 18.5 Å². The van der Waals surface area contributed by atoms with Gasteiger partial charge in [-0.05, 0) is 24.7 Å². The van der Waals surface area contributed by atoms with Gasteiger partial charge in [0.2, 0.25) is 5.95 Å². The van der Waals surface area contributed by atoms with E-state index in [-0.39, 0.29) is 0 Å². The molecule has 16 heavy (non-hydrogen) atoms. The molecule has 0 aromatic carbocycles. The van der Waals surface area contributed by atoms with Crippen molar-refractivity contribution < 1.29 is 0 Å². The highest BCUT2D eigenvalue weighted by Gasteiger charge is 2.08. The van der Waals surface area contributed by atoms with Crippen LogP contribution in [0.15, 0.2) is 6.20 Å². The number of nitrogens with zero attached hydrogens (tertiary/aromatic N) is 2. The number of hydrogen-bond acceptors (Lipinski definition) is 2. The van der Waals surface area contributed by atoms with Gasteiger partial charge in [0, 0.05) is 19.3 Å². The topological polar surface area (TPSA) is 29.9 Å². The average Bonchev–Trinajstić information content (AvgIpc) is 2.54. The summed E-state index contributed by atoms with van der Waals surface area (Å²) >= 11 is 0. The SMILES string of the molecule is CC(C)CCCNc1ncc(C(C)C)n1C. The average molecular weight is 223 g/mol. The van der Waals surface area contributed by atoms with Crippen molar-refractivity contribution in [1.82, 2.24) is 9.55 Å². The molecule has 0 unspecified atom stereocenters. The largest absolute Gasteiger partial charge is 0.356 e. The van der Waals surface area contributed by atoms with Crippen LogP contribution in [0.2, 0.25) is 0 Å². The Balaban J connectivity index is 2.43. The number of imidazole rings is 1. The Morgan fingerprint density at radius 2 is 2.00 bits per heavy atom. The van der Waals surface area contributed by atoms with Gasteiger partial charge in [-0.1, -0.05) is 27.7 Å². The summed E-state index contributed by atoms with van der Waals surface area (Å²) in [6.45, 7) is 9.93. The molecular formula is C13H25N3. The lowest BCUT2D eigenvalue weighted by molar-refractivity contribution is 0.565. The summed E-state index contributed by atoms with van der Waals surface area (Å²) in [5.41, 5.74) is 1.28. The van der Waals surface area contributed by atoms with Crippen LogP contribution in [0, 0.1) is 5.92 Å². The van der Waals surface area contributed by atoms with Crippen LogP contribution in [0.25, 0.3) is 0 Å². The van der Waals surface area contributed by atoms with Crippen molar-refractivity contribution in [2.24, 2.45) is 13.0 Å². The van der Waals surface area contributed by atoms with Crippen LogP contribution in [0.5, 0.6) is 0 Å². The van der Waals surface area contributed by atoms with E-state index in [4.69, 9.17) is 0 Å². The number of rotatable bonds is 6. The maximum atomic E-state index is 4.41. The van der Waals surface area contributed by atoms with Gasteiger partial charge in [0.1, 0.15) is 0 Å². The van der Waals surface area contributed by atoms with E-state index < -0.39 is 0 Å². The van der Waals surface area contributed by atoms with Crippen molar-refractivity contribution in [2.75, 3.05) is 11.9 Å². The Hall–Kier alpha value is -0.990. The summed E-state index contributed by atoms with van der Waals surface area (Å²) in [5, 5.41) is 3.40. The van der Waals surface area contributed by atoms with Crippen molar-refractivity contribution >= 4 is 5.95 Å². The molecule has 0 aliphatic rings. The van der Waals surface area contributed by atoms with Crippen molar-refractivity contribution in [3.05, 3.63) is 11.9 Å². The van der Waals surface area contributed by atoms with Gasteiger partial charge in [-0.15, -0.1) is 0 Å². The summed E-state index contributed by atoms with van der Waals surface area (Å²) in [6, 6.07) is 0. The molecule has 0 aliphatic carbocycles. The first-order chi connectivity index (χ1) is 7.52. The first-order valence-electron chi connectivity index (χ1n) is 6.27. The van der Waals surface area contributed by atoms with Crippen molar-refractivity contribution in [3.8, 4) is 0 Å². The van der Waals surface area contributed by atoms with Crippen LogP contribution >= 0.6 is 0 Å². The minimum absolute atomic E-state index is 0.531. The van der Waals surface area contributed by atoms with Crippen molar-refractivity contribution in [2.45, 2.75) is 46.5 Å². The molecule has 0 radical (unpaired) electrons. The van der Waals surface area contributed by atoms with E-state index in [0.29, 0.717) is 5.92 Å². The summed E-state index contributed by atoms with van der Waals surface area (Å²) in [7, 11) is 2.08. The molecule has 3 nitrogen and oxygen atoms in total. The molecule has 0 bridgehead atoms. The zero-order chi connectivity index (χ0) is 12.1. The lowest BCUT2D eigenvalue weighted by Crippen LogP contribution is -2.09. The number of nitrogens with one attached hydrogen (secondary N) is 1. The van der Waals surface area contributed by atoms with Gasteiger partial charge in [-0.3, -0.25) is 0 Å². The fraction of sp³-hybridized carbons (Fsp3) is 0.769. The predicted octanol–water partition coefficient (Wildman–Crippen LogP) is 3.39. The van der Waals surface area contributed by atoms with Crippen molar-refractivity contribution in [1.29, 1.82) is 0 Å². The van der Waals surface area contributed by atoms with Crippen LogP contribution in [-0.4, -0.2) is 16.1 Å². The second-order valence-electron chi connectivity index (χ2n) is 5.18. The fourth-order valence-electron chi connectivity index (χ4n) is 1.83. The summed E-state index contributed by atoms with van der Waals surface area (Å²) in [4.78, 5) is 4.41. The minimum Gasteiger partial charge on any atom is -0.356 e. The third kappa shape index (κ3) is 3.54. The molecule has 0 spiro atoms. The first-order valence-corrected chi connectivity index (χ1v) is 6.27. The van der Waals surface area contributed by atoms with E-state index in [2.05, 4.69) is 49.6 Å². The Morgan fingerprint density at radius 3 is 2.50 bits per heavy atom. The van der Waals surface area contributed by atoms with Crippen LogP contribution in [0.3, 0.4) is 0 Å². The second kappa shape index (κ2) is 5.92. The summed E-state index contributed by atoms with van der Waals surface area (Å²) in [5.74, 6) is 2.31. The number of hydrogen-bond donors (Lipinski definition) is 1. The lowest BCUT2D eigenvalue weighted by Gasteiger charge is -2.10. The molecule has 3 heteroatoms. The van der Waals surface area contributed by atoms with Gasteiger partial charge in [0.05, 0.1) is 6.20 Å². The molecule has 0 aliphatic heterocycles. The molecule has 0 atom stereocenters. The van der Waals surface area contributed by atoms with Crippen LogP contribution in [0.4, 0.5) is 5.95 Å². The molecule has 1 N–H and O–H groups in total. The van der Waals surface area contributed by atoms with E-state index in [1.807, 2.05) is 6.20 Å². The third-order valence-corrected chi connectivity index (χ3v) is 2.86. The Kier molecular flexibility index (Phi) is 4.84. The standard InChI is InChI=1S/C13H25N3/c1-10(2)7-6-8-14-13-15-9-12(11(3)4)16(13)5/h9-11H,6-8H2,1-5H3,(H,14,15). The maximum absolute atomic E-state index is 4.41. The molecular weight excluding hydrogens is 198 g/mol. The molecule has 0 saturated heterocycles. The minimum atomic E-state index is 0.531. The molecule has 0 amide bonds. The fourth-order valence-corrected chi connectivity index (χ4v) is 1.83. The van der Waals surface area contributed by atoms with Crippen LogP contribution < -0.4 is 5.32 Å². The Labute approximate surface area is 99.3 Å². The Bertz CT molecular complexity index is 313. The van der Waals surface area contributed by atoms with Gasteiger partial charge in [-0.25, -0.2) is 4.98 Å². The second-order valence-corrected chi connectivity index (χ2v) is 5.18. The zero-order valence-electron chi connectivity index (χ0n) is 11.2. The van der Waals surface area contributed by atoms with Gasteiger partial charge in [-0.2, -0.15) is 0 Å². The summed E-state index contributed by atoms with van der Waals surface area (Å²) < 4.78 is 2.15. The monoisotopic (exact) mass is 223 g/mol. The normalized spacial score (nSPS) is 11.4. The van der Waals surface area contributed by atoms with Crippen molar-refractivity contribution in [3.63, 3.8) is 0 Å². The van der Waals surface area contributed by atoms with Gasteiger partial charge in [0.25, 0.3) is 0 Å². The van der Waals surface area contributed by atoms with Gasteiger partial charge in [0.15, 0.2) is 0 Å². The molecule has 0 fully saturated rings. The highest BCUT2D eigenvalue weighted by Crippen LogP contribution is 2.17. The van der Waals surface area contributed by atoms with E-state index in [1.54, 1.807) is 0 Å². The highest BCUT2D eigenvalue weighted by atomic mass is 15.2. The molecule has 1 aromatic rings. The lowest BCUT2D eigenvalue weighted by atomic mass is 10.1. The first kappa shape index (κ1) is 13.1.